The molecule has 1 fully saturated rings. The summed E-state index contributed by atoms with van der Waals surface area (Å²) in [6, 6.07) is 9.56. The lowest BCUT2D eigenvalue weighted by Gasteiger charge is -2.36. The van der Waals surface area contributed by atoms with Crippen molar-refractivity contribution in [3.63, 3.8) is 0 Å². The summed E-state index contributed by atoms with van der Waals surface area (Å²) in [7, 11) is 3.21. The second-order valence-electron chi connectivity index (χ2n) is 12.8. The number of anilines is 3. The number of amides is 3. The first kappa shape index (κ1) is 36.1. The first-order chi connectivity index (χ1) is 22.5. The van der Waals surface area contributed by atoms with Crippen molar-refractivity contribution in [3.8, 4) is 5.75 Å². The average molecular weight is 678 g/mol. The van der Waals surface area contributed by atoms with Gasteiger partial charge in [0.2, 0.25) is 17.7 Å². The Bertz CT molecular complexity index is 1730. The number of nitrogens with one attached hydrogen (secondary N) is 4. The van der Waals surface area contributed by atoms with Gasteiger partial charge in [-0.1, -0.05) is 32.9 Å². The highest BCUT2D eigenvalue weighted by atomic mass is 35.5. The Hall–Kier alpha value is -4.75. The molecule has 3 amide bonds. The number of nitrogens with zero attached hydrogens (tertiary/aromatic N) is 5. The predicted molar refractivity (Wildman–Crippen MR) is 188 cm³/mol. The van der Waals surface area contributed by atoms with E-state index in [0.717, 1.165) is 11.3 Å². The SMILES string of the molecule is CN[C@@H](C)C(=O)N[C@H](C(=O)N1CCCC1C(=O)Nc1cc2c(Nc3ccc(Cn4ccnc4)cc3)ncnc2cc1OC)C(C)(C)C.Cl. The number of halogens is 1. The van der Waals surface area contributed by atoms with Crippen LogP contribution in [0.1, 0.15) is 46.1 Å². The Labute approximate surface area is 286 Å². The molecule has 0 bridgehead atoms. The summed E-state index contributed by atoms with van der Waals surface area (Å²) in [6.45, 7) is 8.55. The Morgan fingerprint density at radius 3 is 2.50 bits per heavy atom. The van der Waals surface area contributed by atoms with Gasteiger partial charge in [0.1, 0.15) is 30.0 Å². The first-order valence-corrected chi connectivity index (χ1v) is 15.7. The molecule has 0 radical (unpaired) electrons. The van der Waals surface area contributed by atoms with Gasteiger partial charge in [-0.2, -0.15) is 0 Å². The third-order valence-electron chi connectivity index (χ3n) is 8.42. The molecule has 3 atom stereocenters. The van der Waals surface area contributed by atoms with Crippen LogP contribution in [0.15, 0.2) is 61.4 Å². The van der Waals surface area contributed by atoms with E-state index in [9.17, 15) is 14.4 Å². The topological polar surface area (TPSA) is 155 Å². The maximum Gasteiger partial charge on any atom is 0.247 e. The van der Waals surface area contributed by atoms with E-state index in [2.05, 4.69) is 36.2 Å². The average Bonchev–Trinajstić information content (AvgIpc) is 3.76. The van der Waals surface area contributed by atoms with Crippen molar-refractivity contribution < 1.29 is 19.1 Å². The number of ether oxygens (including phenoxy) is 1. The molecule has 14 heteroatoms. The largest absolute Gasteiger partial charge is 0.494 e. The molecule has 4 aromatic rings. The third-order valence-corrected chi connectivity index (χ3v) is 8.42. The fourth-order valence-corrected chi connectivity index (χ4v) is 5.60. The van der Waals surface area contributed by atoms with Crippen LogP contribution in [0.5, 0.6) is 5.75 Å². The number of rotatable bonds is 11. The first-order valence-electron chi connectivity index (χ1n) is 15.7. The molecule has 1 saturated heterocycles. The Balaban J connectivity index is 0.00000520. The van der Waals surface area contributed by atoms with Crippen LogP contribution in [-0.4, -0.2) is 81.0 Å². The number of hydrogen-bond donors (Lipinski definition) is 4. The third kappa shape index (κ3) is 8.20. The van der Waals surface area contributed by atoms with E-state index < -0.39 is 23.5 Å². The normalized spacial score (nSPS) is 15.7. The van der Waals surface area contributed by atoms with Gasteiger partial charge >= 0.3 is 0 Å². The molecule has 2 aromatic carbocycles. The summed E-state index contributed by atoms with van der Waals surface area (Å²) < 4.78 is 7.63. The van der Waals surface area contributed by atoms with Crippen LogP contribution < -0.4 is 26.0 Å². The van der Waals surface area contributed by atoms with Crippen molar-refractivity contribution in [2.24, 2.45) is 5.41 Å². The molecule has 2 aromatic heterocycles. The van der Waals surface area contributed by atoms with Crippen LogP contribution in [0.25, 0.3) is 10.9 Å². The van der Waals surface area contributed by atoms with E-state index in [1.54, 1.807) is 43.5 Å². The van der Waals surface area contributed by atoms with Gasteiger partial charge in [-0.25, -0.2) is 15.0 Å². The minimum Gasteiger partial charge on any atom is -0.494 e. The van der Waals surface area contributed by atoms with Gasteiger partial charge in [0.05, 0.1) is 30.7 Å². The highest BCUT2D eigenvalue weighted by Gasteiger charge is 2.42. The number of benzene rings is 2. The summed E-state index contributed by atoms with van der Waals surface area (Å²) in [4.78, 5) is 55.0. The van der Waals surface area contributed by atoms with Gasteiger partial charge in [-0.3, -0.25) is 14.4 Å². The van der Waals surface area contributed by atoms with E-state index >= 15 is 0 Å². The molecular formula is C34H44ClN9O4. The van der Waals surface area contributed by atoms with Gasteiger partial charge in [0, 0.05) is 42.6 Å². The van der Waals surface area contributed by atoms with Crippen molar-refractivity contribution in [1.82, 2.24) is 35.1 Å². The lowest BCUT2D eigenvalue weighted by molar-refractivity contribution is -0.143. The number of aromatic nitrogens is 4. The molecule has 1 aliphatic rings. The number of imidazole rings is 1. The zero-order chi connectivity index (χ0) is 33.7. The fraction of sp³-hybridized carbons (Fsp3) is 0.412. The maximum atomic E-state index is 13.9. The minimum absolute atomic E-state index is 0. The number of fused-ring (bicyclic) bond motifs is 1. The molecule has 4 N–H and O–H groups in total. The minimum atomic E-state index is -0.805. The van der Waals surface area contributed by atoms with Crippen LogP contribution in [0.4, 0.5) is 17.2 Å². The molecule has 3 heterocycles. The van der Waals surface area contributed by atoms with E-state index in [4.69, 9.17) is 4.74 Å². The molecule has 1 unspecified atom stereocenters. The van der Waals surface area contributed by atoms with Crippen molar-refractivity contribution >= 4 is 58.2 Å². The molecule has 256 valence electrons. The van der Waals surface area contributed by atoms with Crippen molar-refractivity contribution in [2.75, 3.05) is 31.3 Å². The van der Waals surface area contributed by atoms with Crippen LogP contribution in [-0.2, 0) is 20.9 Å². The molecule has 0 saturated carbocycles. The summed E-state index contributed by atoms with van der Waals surface area (Å²) in [5, 5.41) is 12.9. The Morgan fingerprint density at radius 1 is 1.10 bits per heavy atom. The lowest BCUT2D eigenvalue weighted by Crippen LogP contribution is -2.59. The Morgan fingerprint density at radius 2 is 1.85 bits per heavy atom. The van der Waals surface area contributed by atoms with Crippen molar-refractivity contribution in [1.29, 1.82) is 0 Å². The molecule has 0 spiro atoms. The molecule has 13 nitrogen and oxygen atoms in total. The van der Waals surface area contributed by atoms with Gasteiger partial charge in [-0.15, -0.1) is 12.4 Å². The number of methoxy groups -OCH3 is 1. The quantitative estimate of drug-likeness (QED) is 0.184. The second kappa shape index (κ2) is 15.4. The van der Waals surface area contributed by atoms with Crippen molar-refractivity contribution in [2.45, 2.75) is 65.2 Å². The van der Waals surface area contributed by atoms with Gasteiger partial charge in [-0.05, 0) is 56.0 Å². The van der Waals surface area contributed by atoms with Gasteiger partial charge < -0.3 is 35.5 Å². The zero-order valence-corrected chi connectivity index (χ0v) is 28.9. The summed E-state index contributed by atoms with van der Waals surface area (Å²) in [6.07, 6.45) is 8.08. The molecular weight excluding hydrogens is 634 g/mol. The van der Waals surface area contributed by atoms with Crippen LogP contribution in [0.2, 0.25) is 0 Å². The summed E-state index contributed by atoms with van der Waals surface area (Å²) in [5.41, 5.74) is 2.45. The van der Waals surface area contributed by atoms with E-state index in [0.29, 0.717) is 54.1 Å². The van der Waals surface area contributed by atoms with E-state index in [1.807, 2.05) is 55.8 Å². The molecule has 48 heavy (non-hydrogen) atoms. The van der Waals surface area contributed by atoms with Crippen LogP contribution in [0.3, 0.4) is 0 Å². The van der Waals surface area contributed by atoms with E-state index in [-0.39, 0.29) is 30.1 Å². The zero-order valence-electron chi connectivity index (χ0n) is 28.1. The fourth-order valence-electron chi connectivity index (χ4n) is 5.60. The smallest absolute Gasteiger partial charge is 0.247 e. The van der Waals surface area contributed by atoms with Crippen molar-refractivity contribution in [3.05, 3.63) is 67.0 Å². The predicted octanol–water partition coefficient (Wildman–Crippen LogP) is 4.12. The highest BCUT2D eigenvalue weighted by molar-refractivity contribution is 6.03. The number of hydrogen-bond acceptors (Lipinski definition) is 9. The number of carbonyl (C=O) groups is 3. The Kier molecular flexibility index (Phi) is 11.6. The van der Waals surface area contributed by atoms with Crippen LogP contribution >= 0.6 is 12.4 Å². The second-order valence-corrected chi connectivity index (χ2v) is 12.8. The summed E-state index contributed by atoms with van der Waals surface area (Å²) in [5.74, 6) is 0.0897. The highest BCUT2D eigenvalue weighted by Crippen LogP contribution is 2.34. The van der Waals surface area contributed by atoms with Gasteiger partial charge in [0.15, 0.2) is 0 Å². The lowest BCUT2D eigenvalue weighted by atomic mass is 9.85. The van der Waals surface area contributed by atoms with E-state index in [1.165, 1.54) is 13.4 Å². The molecule has 0 aliphatic carbocycles. The summed E-state index contributed by atoms with van der Waals surface area (Å²) >= 11 is 0. The molecule has 5 rings (SSSR count). The molecule has 1 aliphatic heterocycles. The number of likely N-dealkylation sites (tertiary alicyclic amines) is 1. The van der Waals surface area contributed by atoms with Crippen LogP contribution in [0, 0.1) is 5.41 Å². The monoisotopic (exact) mass is 677 g/mol. The van der Waals surface area contributed by atoms with Gasteiger partial charge in [0.25, 0.3) is 0 Å². The maximum absolute atomic E-state index is 13.9. The standard InChI is InChI=1S/C34H43N9O4.ClH/c1-21(35-5)31(44)41-29(34(2,3)4)33(46)43-14-7-8-27(43)32(45)40-26-16-24-25(17-28(26)47-6)37-19-38-30(24)39-23-11-9-22(10-12-23)18-42-15-13-36-20-42;/h9-13,15-17,19-21,27,29,35H,7-8,14,18H2,1-6H3,(H,40,45)(H,41,44)(H,37,38,39);1H/t21-,27?,29+;/m0./s1. The number of likely N-dealkylation sites (N-methyl/N-ethyl adjacent to an activating group) is 1. The number of carbonyl (C=O) groups excluding carboxylic acids is 3.